The molecule has 1 amide bonds. The van der Waals surface area contributed by atoms with Crippen molar-refractivity contribution in [3.63, 3.8) is 0 Å². The molecule has 2 aliphatic rings. The SMILES string of the molecule is Cl.Cl.O=C([C@@H]1C[C@@H](O)CN1)N1CCC(c2ccccc2)(c2cn3ccccc3n2)CC1. The van der Waals surface area contributed by atoms with E-state index in [1.54, 1.807) is 0 Å². The van der Waals surface area contributed by atoms with Gasteiger partial charge >= 0.3 is 0 Å². The van der Waals surface area contributed by atoms with E-state index in [1.807, 2.05) is 35.4 Å². The number of nitrogens with one attached hydrogen (secondary N) is 1. The van der Waals surface area contributed by atoms with Crippen LogP contribution in [0.4, 0.5) is 0 Å². The maximum Gasteiger partial charge on any atom is 0.239 e. The second-order valence-electron chi connectivity index (χ2n) is 8.22. The standard InChI is InChI=1S/C23H26N4O2.2ClH/c28-18-14-19(24-15-18)22(29)26-12-9-23(10-13-26,17-6-2-1-3-7-17)20-16-27-11-5-4-8-21(27)25-20;;/h1-8,11,16,18-19,24,28H,9-10,12-15H2;2*1H/t18-,19+;;/m1../s1. The molecule has 2 aliphatic heterocycles. The summed E-state index contributed by atoms with van der Waals surface area (Å²) in [5.74, 6) is 0.109. The summed E-state index contributed by atoms with van der Waals surface area (Å²) < 4.78 is 2.07. The molecule has 0 unspecified atom stereocenters. The van der Waals surface area contributed by atoms with Gasteiger partial charge < -0.3 is 19.7 Å². The van der Waals surface area contributed by atoms with Crippen molar-refractivity contribution >= 4 is 36.4 Å². The molecule has 0 bridgehead atoms. The van der Waals surface area contributed by atoms with E-state index in [1.165, 1.54) is 5.56 Å². The van der Waals surface area contributed by atoms with E-state index in [-0.39, 0.29) is 42.2 Å². The first-order valence-electron chi connectivity index (χ1n) is 10.4. The molecule has 2 saturated heterocycles. The zero-order chi connectivity index (χ0) is 19.8. The lowest BCUT2D eigenvalue weighted by molar-refractivity contribution is -0.134. The Bertz CT molecular complexity index is 986. The Hall–Kier alpha value is -2.12. The molecular formula is C23H28Cl2N4O2. The zero-order valence-electron chi connectivity index (χ0n) is 17.2. The number of hydrogen-bond donors (Lipinski definition) is 2. The summed E-state index contributed by atoms with van der Waals surface area (Å²) in [7, 11) is 0. The van der Waals surface area contributed by atoms with Crippen molar-refractivity contribution in [1.82, 2.24) is 19.6 Å². The molecule has 2 atom stereocenters. The van der Waals surface area contributed by atoms with Gasteiger partial charge in [0, 0.05) is 37.4 Å². The third-order valence-corrected chi connectivity index (χ3v) is 6.52. The van der Waals surface area contributed by atoms with Gasteiger partial charge in [-0.15, -0.1) is 24.8 Å². The molecule has 2 N–H and O–H groups in total. The van der Waals surface area contributed by atoms with Crippen molar-refractivity contribution in [3.05, 3.63) is 72.2 Å². The van der Waals surface area contributed by atoms with Crippen LogP contribution in [0.25, 0.3) is 5.65 Å². The summed E-state index contributed by atoms with van der Waals surface area (Å²) in [5.41, 5.74) is 3.06. The van der Waals surface area contributed by atoms with Crippen LogP contribution in [0, 0.1) is 0 Å². The minimum absolute atomic E-state index is 0. The largest absolute Gasteiger partial charge is 0.392 e. The lowest BCUT2D eigenvalue weighted by Crippen LogP contribution is -2.50. The van der Waals surface area contributed by atoms with E-state index < -0.39 is 6.10 Å². The minimum atomic E-state index is -0.421. The Morgan fingerprint density at radius 1 is 1.06 bits per heavy atom. The van der Waals surface area contributed by atoms with Crippen molar-refractivity contribution < 1.29 is 9.90 Å². The lowest BCUT2D eigenvalue weighted by atomic mass is 9.70. The molecule has 6 nitrogen and oxygen atoms in total. The van der Waals surface area contributed by atoms with E-state index in [0.29, 0.717) is 26.1 Å². The summed E-state index contributed by atoms with van der Waals surface area (Å²) in [5, 5.41) is 12.9. The number of halogens is 2. The molecule has 0 radical (unpaired) electrons. The van der Waals surface area contributed by atoms with Crippen LogP contribution in [0.15, 0.2) is 60.9 Å². The Labute approximate surface area is 194 Å². The first-order valence-corrected chi connectivity index (χ1v) is 10.4. The number of aliphatic hydroxyl groups is 1. The number of carbonyl (C=O) groups is 1. The maximum atomic E-state index is 12.9. The molecule has 4 heterocycles. The normalized spacial score (nSPS) is 22.5. The van der Waals surface area contributed by atoms with Gasteiger partial charge in [0.05, 0.1) is 17.8 Å². The number of nitrogens with zero attached hydrogens (tertiary/aromatic N) is 3. The number of β-amino-alcohol motifs (C(OH)–C–C–N with tert-alkyl or cyclic N) is 1. The fourth-order valence-electron chi connectivity index (χ4n) is 4.85. The molecule has 0 spiro atoms. The summed E-state index contributed by atoms with van der Waals surface area (Å²) in [6.45, 7) is 1.88. The quantitative estimate of drug-likeness (QED) is 0.627. The van der Waals surface area contributed by atoms with Gasteiger partial charge in [-0.05, 0) is 37.0 Å². The number of imidazole rings is 1. The summed E-state index contributed by atoms with van der Waals surface area (Å²) in [4.78, 5) is 19.8. The van der Waals surface area contributed by atoms with Gasteiger partial charge in [0.2, 0.25) is 5.91 Å². The number of carbonyl (C=O) groups excluding carboxylic acids is 1. The van der Waals surface area contributed by atoms with Gasteiger partial charge in [-0.2, -0.15) is 0 Å². The second kappa shape index (κ2) is 9.57. The van der Waals surface area contributed by atoms with Crippen LogP contribution in [0.2, 0.25) is 0 Å². The predicted octanol–water partition coefficient (Wildman–Crippen LogP) is 2.81. The van der Waals surface area contributed by atoms with Crippen molar-refractivity contribution in [1.29, 1.82) is 0 Å². The van der Waals surface area contributed by atoms with E-state index in [9.17, 15) is 9.90 Å². The molecule has 0 saturated carbocycles. The first kappa shape index (κ1) is 23.5. The Morgan fingerprint density at radius 3 is 2.42 bits per heavy atom. The monoisotopic (exact) mass is 462 g/mol. The van der Waals surface area contributed by atoms with E-state index >= 15 is 0 Å². The van der Waals surface area contributed by atoms with Gasteiger partial charge in [-0.25, -0.2) is 4.98 Å². The second-order valence-corrected chi connectivity index (χ2v) is 8.22. The number of fused-ring (bicyclic) bond motifs is 1. The highest BCUT2D eigenvalue weighted by Gasteiger charge is 2.42. The lowest BCUT2D eigenvalue weighted by Gasteiger charge is -2.42. The minimum Gasteiger partial charge on any atom is -0.392 e. The van der Waals surface area contributed by atoms with E-state index in [4.69, 9.17) is 4.98 Å². The fourth-order valence-corrected chi connectivity index (χ4v) is 4.85. The summed E-state index contributed by atoms with van der Waals surface area (Å²) in [6.07, 6.45) is 5.92. The van der Waals surface area contributed by atoms with Gasteiger partial charge in [0.1, 0.15) is 5.65 Å². The van der Waals surface area contributed by atoms with Gasteiger partial charge in [-0.3, -0.25) is 4.79 Å². The average Bonchev–Trinajstić information content (AvgIpc) is 3.40. The zero-order valence-corrected chi connectivity index (χ0v) is 18.8. The highest BCUT2D eigenvalue weighted by molar-refractivity contribution is 5.85. The van der Waals surface area contributed by atoms with E-state index in [2.05, 4.69) is 40.2 Å². The topological polar surface area (TPSA) is 69.9 Å². The smallest absolute Gasteiger partial charge is 0.239 e. The molecular weight excluding hydrogens is 435 g/mol. The number of rotatable bonds is 3. The van der Waals surface area contributed by atoms with Crippen LogP contribution in [-0.4, -0.2) is 57.1 Å². The van der Waals surface area contributed by atoms with Crippen LogP contribution in [0.1, 0.15) is 30.5 Å². The number of aromatic nitrogens is 2. The Balaban J connectivity index is 0.00000136. The maximum absolute atomic E-state index is 12.9. The number of amides is 1. The van der Waals surface area contributed by atoms with Gasteiger partial charge in [-0.1, -0.05) is 36.4 Å². The van der Waals surface area contributed by atoms with Crippen molar-refractivity contribution in [3.8, 4) is 0 Å². The van der Waals surface area contributed by atoms with Gasteiger partial charge in [0.15, 0.2) is 0 Å². The number of likely N-dealkylation sites (tertiary alicyclic amines) is 1. The number of hydrogen-bond acceptors (Lipinski definition) is 4. The van der Waals surface area contributed by atoms with Crippen molar-refractivity contribution in [2.45, 2.75) is 36.8 Å². The fraction of sp³-hybridized carbons (Fsp3) is 0.391. The first-order chi connectivity index (χ1) is 14.2. The molecule has 1 aromatic carbocycles. The number of aliphatic hydroxyl groups excluding tert-OH is 1. The van der Waals surface area contributed by atoms with Crippen molar-refractivity contribution in [2.24, 2.45) is 0 Å². The van der Waals surface area contributed by atoms with Crippen LogP contribution in [0.5, 0.6) is 0 Å². The molecule has 5 rings (SSSR count). The summed E-state index contributed by atoms with van der Waals surface area (Å²) >= 11 is 0. The number of piperidine rings is 1. The Morgan fingerprint density at radius 2 is 1.77 bits per heavy atom. The average molecular weight is 463 g/mol. The molecule has 3 aromatic rings. The molecule has 0 aliphatic carbocycles. The van der Waals surface area contributed by atoms with Crippen LogP contribution in [-0.2, 0) is 10.2 Å². The predicted molar refractivity (Wildman–Crippen MR) is 125 cm³/mol. The molecule has 31 heavy (non-hydrogen) atoms. The van der Waals surface area contributed by atoms with Crippen LogP contribution >= 0.6 is 24.8 Å². The third kappa shape index (κ3) is 4.30. The highest BCUT2D eigenvalue weighted by atomic mass is 35.5. The molecule has 166 valence electrons. The summed E-state index contributed by atoms with van der Waals surface area (Å²) in [6, 6.07) is 16.3. The molecule has 2 fully saturated rings. The molecule has 8 heteroatoms. The van der Waals surface area contributed by atoms with E-state index in [0.717, 1.165) is 24.2 Å². The van der Waals surface area contributed by atoms with Crippen LogP contribution < -0.4 is 5.32 Å². The van der Waals surface area contributed by atoms with Crippen molar-refractivity contribution in [2.75, 3.05) is 19.6 Å². The number of benzene rings is 1. The number of pyridine rings is 1. The van der Waals surface area contributed by atoms with Gasteiger partial charge in [0.25, 0.3) is 0 Å². The molecule has 2 aromatic heterocycles. The third-order valence-electron chi connectivity index (χ3n) is 6.52. The Kier molecular flexibility index (Phi) is 7.27. The van der Waals surface area contributed by atoms with Crippen LogP contribution in [0.3, 0.4) is 0 Å². The highest BCUT2D eigenvalue weighted by Crippen LogP contribution is 2.41.